The normalized spacial score (nSPS) is 25.9. The van der Waals surface area contributed by atoms with Gasteiger partial charge in [0.1, 0.15) is 35.8 Å². The topological polar surface area (TPSA) is 153 Å². The first-order valence-electron chi connectivity index (χ1n) is 13.9. The van der Waals surface area contributed by atoms with Crippen molar-refractivity contribution >= 4 is 10.0 Å². The largest absolute Gasteiger partial charge is 0.394 e. The summed E-state index contributed by atoms with van der Waals surface area (Å²) in [5.41, 5.74) is 0.496. The van der Waals surface area contributed by atoms with E-state index in [1.807, 2.05) is 0 Å². The minimum Gasteiger partial charge on any atom is -0.394 e. The summed E-state index contributed by atoms with van der Waals surface area (Å²) in [4.78, 5) is 0. The molecule has 0 radical (unpaired) electrons. The van der Waals surface area contributed by atoms with Crippen LogP contribution in [-0.2, 0) is 25.9 Å². The van der Waals surface area contributed by atoms with Gasteiger partial charge in [-0.3, -0.25) is 0 Å². The zero-order valence-corrected chi connectivity index (χ0v) is 24.6. The molecule has 2 aliphatic heterocycles. The average molecular weight is 630 g/mol. The third-order valence-corrected chi connectivity index (χ3v) is 10.4. The van der Waals surface area contributed by atoms with Crippen molar-refractivity contribution in [3.8, 4) is 11.3 Å². The first kappa shape index (κ1) is 31.5. The Kier molecular flexibility index (Phi) is 9.25. The van der Waals surface area contributed by atoms with Gasteiger partial charge in [-0.05, 0) is 38.8 Å². The molecule has 5 atom stereocenters. The average Bonchev–Trinajstić information content (AvgIpc) is 3.66. The summed E-state index contributed by atoms with van der Waals surface area (Å²) < 4.78 is 86.2. The van der Waals surface area contributed by atoms with E-state index in [2.05, 4.69) is 15.5 Å². The molecule has 2 N–H and O–H groups in total. The molecular weight excluding hydrogens is 595 g/mol. The Labute approximate surface area is 246 Å². The fourth-order valence-electron chi connectivity index (χ4n) is 5.70. The van der Waals surface area contributed by atoms with Crippen LogP contribution in [0.15, 0.2) is 28.9 Å². The number of nitrogens with zero attached hydrogens (tertiary/aromatic N) is 5. The molecule has 0 bridgehead atoms. The van der Waals surface area contributed by atoms with E-state index in [1.165, 1.54) is 22.3 Å². The van der Waals surface area contributed by atoms with Crippen molar-refractivity contribution in [3.05, 3.63) is 53.3 Å². The summed E-state index contributed by atoms with van der Waals surface area (Å²) >= 11 is 0. The number of ether oxygens (including phenoxy) is 2. The molecule has 0 spiro atoms. The van der Waals surface area contributed by atoms with Gasteiger partial charge in [0.05, 0.1) is 29.9 Å². The summed E-state index contributed by atoms with van der Waals surface area (Å²) in [7, 11) is -1.92. The van der Waals surface area contributed by atoms with Crippen molar-refractivity contribution in [2.45, 2.75) is 74.7 Å². The van der Waals surface area contributed by atoms with Gasteiger partial charge in [-0.1, -0.05) is 10.4 Å². The minimum absolute atomic E-state index is 0.0141. The maximum atomic E-state index is 13.8. The van der Waals surface area contributed by atoms with Gasteiger partial charge >= 0.3 is 0 Å². The molecule has 0 saturated carbocycles. The van der Waals surface area contributed by atoms with Crippen molar-refractivity contribution in [2.75, 3.05) is 26.8 Å². The van der Waals surface area contributed by atoms with Crippen LogP contribution in [0.4, 0.5) is 13.2 Å². The highest BCUT2D eigenvalue weighted by molar-refractivity contribution is 7.89. The fraction of sp³-hybridized carbons (Fsp3) is 0.593. The SMILES string of the molecule is CO[C@@H]1[C@@H](n2cc(-c3cc(F)c(F)c(F)c3)nn2)[C@@H](O)[C@@H](CO)O[C@@H]1Cc1cc(C2CCN(S(=O)(=O)C(C)C)CC2)on1. The van der Waals surface area contributed by atoms with Gasteiger partial charge in [0, 0.05) is 44.2 Å². The summed E-state index contributed by atoms with van der Waals surface area (Å²) in [6.45, 7) is 3.56. The van der Waals surface area contributed by atoms with Crippen LogP contribution < -0.4 is 0 Å². The highest BCUT2D eigenvalue weighted by Crippen LogP contribution is 2.35. The maximum absolute atomic E-state index is 13.8. The van der Waals surface area contributed by atoms with Crippen LogP contribution in [0.2, 0.25) is 0 Å². The van der Waals surface area contributed by atoms with Gasteiger partial charge < -0.3 is 24.2 Å². The number of aliphatic hydroxyl groups excluding tert-OH is 2. The molecule has 12 nitrogen and oxygen atoms in total. The first-order chi connectivity index (χ1) is 20.4. The van der Waals surface area contributed by atoms with Crippen molar-refractivity contribution in [3.63, 3.8) is 0 Å². The van der Waals surface area contributed by atoms with Gasteiger partial charge in [-0.25, -0.2) is 30.6 Å². The second-order valence-electron chi connectivity index (χ2n) is 11.1. The molecule has 0 unspecified atom stereocenters. The first-order valence-corrected chi connectivity index (χ1v) is 15.4. The van der Waals surface area contributed by atoms with E-state index in [9.17, 15) is 31.8 Å². The van der Waals surface area contributed by atoms with Crippen molar-refractivity contribution < 1.29 is 45.8 Å². The quantitative estimate of drug-likeness (QED) is 0.337. The molecular formula is C27H34F3N5O7S. The van der Waals surface area contributed by atoms with Gasteiger partial charge in [0.15, 0.2) is 17.5 Å². The molecule has 236 valence electrons. The van der Waals surface area contributed by atoms with E-state index in [4.69, 9.17) is 14.0 Å². The summed E-state index contributed by atoms with van der Waals surface area (Å²) in [5, 5.41) is 32.7. The van der Waals surface area contributed by atoms with Crippen LogP contribution in [-0.4, -0.2) is 99.6 Å². The number of aromatic nitrogens is 4. The number of piperidine rings is 1. The lowest BCUT2D eigenvalue weighted by atomic mass is 9.90. The molecule has 2 saturated heterocycles. The molecule has 5 rings (SSSR count). The Morgan fingerprint density at radius 3 is 2.40 bits per heavy atom. The van der Waals surface area contributed by atoms with Crippen LogP contribution in [0.3, 0.4) is 0 Å². The van der Waals surface area contributed by atoms with Gasteiger partial charge in [0.25, 0.3) is 0 Å². The van der Waals surface area contributed by atoms with Gasteiger partial charge in [-0.15, -0.1) is 5.10 Å². The molecule has 2 aliphatic rings. The van der Waals surface area contributed by atoms with E-state index in [1.54, 1.807) is 19.9 Å². The molecule has 1 aromatic carbocycles. The van der Waals surface area contributed by atoms with Crippen molar-refractivity contribution in [1.29, 1.82) is 0 Å². The van der Waals surface area contributed by atoms with Crippen LogP contribution in [0.5, 0.6) is 0 Å². The van der Waals surface area contributed by atoms with Crippen LogP contribution >= 0.6 is 0 Å². The molecule has 43 heavy (non-hydrogen) atoms. The maximum Gasteiger partial charge on any atom is 0.216 e. The standard InChI is InChI=1S/C27H34F3N5O7S/c1-14(2)43(38,39)34-6-4-15(5-7-34)21-10-17(32-42-21)11-22-27(40-3)25(26(37)23(13-36)41-22)35-12-20(31-33-35)16-8-18(28)24(30)19(29)9-16/h8-10,12,14-15,22-23,25-27,36-37H,4-7,11,13H2,1-3H3/t22-,23-,25+,26+,27+/m1/s1. The Hall–Kier alpha value is -2.89. The van der Waals surface area contributed by atoms with Gasteiger partial charge in [-0.2, -0.15) is 0 Å². The van der Waals surface area contributed by atoms with E-state index < -0.39 is 69.8 Å². The predicted octanol–water partition coefficient (Wildman–Crippen LogP) is 2.19. The number of sulfonamides is 1. The fourth-order valence-corrected chi connectivity index (χ4v) is 7.02. The zero-order valence-electron chi connectivity index (χ0n) is 23.8. The van der Waals surface area contributed by atoms with Crippen LogP contribution in [0.25, 0.3) is 11.3 Å². The van der Waals surface area contributed by atoms with E-state index in [-0.39, 0.29) is 23.6 Å². The molecule has 4 heterocycles. The highest BCUT2D eigenvalue weighted by atomic mass is 32.2. The molecule has 0 aliphatic carbocycles. The second-order valence-corrected chi connectivity index (χ2v) is 13.6. The lowest BCUT2D eigenvalue weighted by Crippen LogP contribution is -2.57. The molecule has 16 heteroatoms. The monoisotopic (exact) mass is 629 g/mol. The van der Waals surface area contributed by atoms with Gasteiger partial charge in [0.2, 0.25) is 10.0 Å². The lowest BCUT2D eigenvalue weighted by Gasteiger charge is -2.43. The molecule has 2 aromatic heterocycles. The Morgan fingerprint density at radius 1 is 1.12 bits per heavy atom. The number of hydrogen-bond acceptors (Lipinski definition) is 10. The van der Waals surface area contributed by atoms with Crippen molar-refractivity contribution in [1.82, 2.24) is 24.5 Å². The third kappa shape index (κ3) is 6.21. The lowest BCUT2D eigenvalue weighted by molar-refractivity contribution is -0.212. The molecule has 3 aromatic rings. The van der Waals surface area contributed by atoms with E-state index >= 15 is 0 Å². The smallest absolute Gasteiger partial charge is 0.216 e. The third-order valence-electron chi connectivity index (χ3n) is 8.13. The molecule has 2 fully saturated rings. The number of methoxy groups -OCH3 is 1. The predicted molar refractivity (Wildman–Crippen MR) is 145 cm³/mol. The Bertz CT molecular complexity index is 1500. The number of hydrogen-bond donors (Lipinski definition) is 2. The Morgan fingerprint density at radius 2 is 1.79 bits per heavy atom. The Balaban J connectivity index is 1.33. The number of aliphatic hydroxyl groups is 2. The van der Waals surface area contributed by atoms with E-state index in [0.29, 0.717) is 37.4 Å². The van der Waals surface area contributed by atoms with Crippen molar-refractivity contribution in [2.24, 2.45) is 0 Å². The number of rotatable bonds is 9. The highest BCUT2D eigenvalue weighted by Gasteiger charge is 2.47. The molecule has 0 amide bonds. The van der Waals surface area contributed by atoms with Crippen LogP contribution in [0, 0.1) is 17.5 Å². The summed E-state index contributed by atoms with van der Waals surface area (Å²) in [6, 6.07) is 2.42. The zero-order chi connectivity index (χ0) is 31.1. The summed E-state index contributed by atoms with van der Waals surface area (Å²) in [5.74, 6) is -3.77. The summed E-state index contributed by atoms with van der Waals surface area (Å²) in [6.07, 6.45) is -1.23. The van der Waals surface area contributed by atoms with E-state index in [0.717, 1.165) is 12.1 Å². The number of benzene rings is 1. The van der Waals surface area contributed by atoms with Crippen LogP contribution in [0.1, 0.15) is 50.1 Å². The second kappa shape index (κ2) is 12.6. The number of halogens is 3. The minimum atomic E-state index is -3.33.